The number of thioether (sulfide) groups is 1. The van der Waals surface area contributed by atoms with Crippen molar-refractivity contribution in [3.8, 4) is 0 Å². The molecular weight excluding hydrogens is 440 g/mol. The number of benzene rings is 2. The van der Waals surface area contributed by atoms with Crippen LogP contribution in [0.5, 0.6) is 0 Å². The molecule has 3 aromatic rings. The largest absolute Gasteiger partial charge is 0.473 e. The molecule has 2 bridgehead atoms. The summed E-state index contributed by atoms with van der Waals surface area (Å²) in [5.74, 6) is -3.65. The molecule has 2 aromatic carbocycles. The Balaban J connectivity index is 0.000000385. The first kappa shape index (κ1) is 23.4. The molecule has 0 spiro atoms. The van der Waals surface area contributed by atoms with E-state index in [4.69, 9.17) is 19.8 Å². The zero-order valence-electron chi connectivity index (χ0n) is 18.4. The lowest BCUT2D eigenvalue weighted by Crippen LogP contribution is -2.49. The average molecular weight is 469 g/mol. The molecule has 5 rings (SSSR count). The zero-order chi connectivity index (χ0) is 23.6. The number of carbonyl (C=O) groups is 2. The maximum absolute atomic E-state index is 11.5. The molecule has 2 aliphatic heterocycles. The van der Waals surface area contributed by atoms with Gasteiger partial charge in [-0.2, -0.15) is 0 Å². The van der Waals surface area contributed by atoms with Crippen LogP contribution in [0.2, 0.25) is 0 Å². The van der Waals surface area contributed by atoms with Gasteiger partial charge in [-0.1, -0.05) is 30.3 Å². The second-order valence-corrected chi connectivity index (χ2v) is 9.58. The lowest BCUT2D eigenvalue weighted by atomic mass is 9.80. The summed E-state index contributed by atoms with van der Waals surface area (Å²) in [5.41, 5.74) is 2.99. The maximum atomic E-state index is 11.5. The minimum Gasteiger partial charge on any atom is -0.473 e. The van der Waals surface area contributed by atoms with Crippen LogP contribution in [-0.2, 0) is 21.7 Å². The Kier molecular flexibility index (Phi) is 6.78. The summed E-state index contributed by atoms with van der Waals surface area (Å²) in [7, 11) is 0. The van der Waals surface area contributed by atoms with Gasteiger partial charge >= 0.3 is 11.9 Å². The molecule has 1 aromatic heterocycles. The van der Waals surface area contributed by atoms with Crippen LogP contribution in [0.1, 0.15) is 36.8 Å². The van der Waals surface area contributed by atoms with E-state index in [-0.39, 0.29) is 0 Å². The molecule has 174 valence electrons. The smallest absolute Gasteiger partial charge is 0.414 e. The van der Waals surface area contributed by atoms with Gasteiger partial charge in [0, 0.05) is 40.6 Å². The summed E-state index contributed by atoms with van der Waals surface area (Å²) >= 11 is 1.75. The number of nitrogens with one attached hydrogen (secondary N) is 1. The van der Waals surface area contributed by atoms with Gasteiger partial charge in [0.05, 0.1) is 5.60 Å². The van der Waals surface area contributed by atoms with Gasteiger partial charge in [0.15, 0.2) is 0 Å². The highest BCUT2D eigenvalue weighted by atomic mass is 32.2. The number of piperidine rings is 1. The van der Waals surface area contributed by atoms with E-state index in [0.29, 0.717) is 12.1 Å². The lowest BCUT2D eigenvalue weighted by Gasteiger charge is -2.44. The summed E-state index contributed by atoms with van der Waals surface area (Å²) in [6, 6.07) is 18.0. The Hall–Kier alpha value is -2.81. The van der Waals surface area contributed by atoms with Crippen molar-refractivity contribution in [1.82, 2.24) is 9.88 Å². The van der Waals surface area contributed by atoms with Crippen LogP contribution in [0.3, 0.4) is 0 Å². The Labute approximate surface area is 196 Å². The van der Waals surface area contributed by atoms with Gasteiger partial charge in [0.1, 0.15) is 0 Å². The predicted octanol–water partition coefficient (Wildman–Crippen LogP) is 4.06. The van der Waals surface area contributed by atoms with E-state index in [9.17, 15) is 5.11 Å². The molecule has 0 saturated carbocycles. The molecule has 3 atom stereocenters. The van der Waals surface area contributed by atoms with Gasteiger partial charge in [0.2, 0.25) is 0 Å². The molecule has 0 radical (unpaired) electrons. The van der Waals surface area contributed by atoms with Crippen molar-refractivity contribution in [1.29, 1.82) is 0 Å². The van der Waals surface area contributed by atoms with Crippen molar-refractivity contribution in [2.24, 2.45) is 0 Å². The van der Waals surface area contributed by atoms with Crippen LogP contribution in [0, 0.1) is 0 Å². The summed E-state index contributed by atoms with van der Waals surface area (Å²) in [6.45, 7) is 0.973. The minimum absolute atomic E-state index is 0.461. The van der Waals surface area contributed by atoms with Crippen molar-refractivity contribution in [2.45, 2.75) is 54.8 Å². The van der Waals surface area contributed by atoms with Gasteiger partial charge in [-0.25, -0.2) is 9.59 Å². The number of para-hydroxylation sites is 1. The molecule has 7 nitrogen and oxygen atoms in total. The Morgan fingerprint density at radius 2 is 1.64 bits per heavy atom. The quantitative estimate of drug-likeness (QED) is 0.337. The van der Waals surface area contributed by atoms with Crippen molar-refractivity contribution in [2.75, 3.05) is 6.26 Å². The fourth-order valence-corrected chi connectivity index (χ4v) is 5.58. The summed E-state index contributed by atoms with van der Waals surface area (Å²) < 4.78 is 0. The molecular formula is C25H28N2O5S. The highest BCUT2D eigenvalue weighted by Crippen LogP contribution is 2.46. The number of H-pyrrole nitrogens is 1. The standard InChI is InChI=1S/C23H26N2OS.C2H2O4/c1-27-20-10-6-17(7-11-20)23(26)12-18-8-9-19(13-23)25(18)15-16-14-24-22-5-3-2-4-21(16)22;3-1(4)2(5)6/h2-7,10-11,14,18-19,24,26H,8-9,12-13,15H2,1H3;(H,3,4)(H,5,6)/t18-,19+,23?;. The number of aliphatic carboxylic acids is 2. The average Bonchev–Trinajstić information content (AvgIpc) is 3.33. The van der Waals surface area contributed by atoms with Crippen LogP contribution in [0.15, 0.2) is 59.6 Å². The molecule has 2 fully saturated rings. The summed E-state index contributed by atoms with van der Waals surface area (Å²) in [4.78, 5) is 25.5. The number of carboxylic acids is 2. The number of hydrogen-bond acceptors (Lipinski definition) is 5. The third kappa shape index (κ3) is 4.93. The fraction of sp³-hybridized carbons (Fsp3) is 0.360. The number of fused-ring (bicyclic) bond motifs is 3. The van der Waals surface area contributed by atoms with Crippen molar-refractivity contribution >= 4 is 34.6 Å². The van der Waals surface area contributed by atoms with Gasteiger partial charge in [-0.3, -0.25) is 4.90 Å². The molecule has 0 aliphatic carbocycles. The SMILES string of the molecule is CSc1ccc(C2(O)C[C@H]3CC[C@@H](C2)N3Cc2c[nH]c3ccccc23)cc1.O=C(O)C(=O)O. The Morgan fingerprint density at radius 1 is 1.03 bits per heavy atom. The number of hydrogen-bond donors (Lipinski definition) is 4. The molecule has 8 heteroatoms. The van der Waals surface area contributed by atoms with E-state index >= 15 is 0 Å². The molecule has 3 heterocycles. The summed E-state index contributed by atoms with van der Waals surface area (Å²) in [5, 5.41) is 27.6. The van der Waals surface area contributed by atoms with Crippen LogP contribution in [-0.4, -0.2) is 55.5 Å². The lowest BCUT2D eigenvalue weighted by molar-refractivity contribution is -0.159. The van der Waals surface area contributed by atoms with Gasteiger partial charge in [-0.05, 0) is 61.3 Å². The second-order valence-electron chi connectivity index (χ2n) is 8.70. The van der Waals surface area contributed by atoms with Crippen molar-refractivity contribution in [3.05, 3.63) is 65.9 Å². The van der Waals surface area contributed by atoms with E-state index in [1.807, 2.05) is 0 Å². The van der Waals surface area contributed by atoms with Gasteiger partial charge in [0.25, 0.3) is 0 Å². The number of rotatable bonds is 4. The highest BCUT2D eigenvalue weighted by Gasteiger charge is 2.48. The highest BCUT2D eigenvalue weighted by molar-refractivity contribution is 7.98. The number of aromatic amines is 1. The van der Waals surface area contributed by atoms with Crippen molar-refractivity contribution < 1.29 is 24.9 Å². The molecule has 0 amide bonds. The molecule has 2 saturated heterocycles. The topological polar surface area (TPSA) is 114 Å². The van der Waals surface area contributed by atoms with E-state index in [1.165, 1.54) is 34.2 Å². The Morgan fingerprint density at radius 3 is 2.21 bits per heavy atom. The molecule has 2 aliphatic rings. The number of aliphatic hydroxyl groups is 1. The second kappa shape index (κ2) is 9.59. The monoisotopic (exact) mass is 468 g/mol. The third-order valence-electron chi connectivity index (χ3n) is 6.76. The van der Waals surface area contributed by atoms with Gasteiger partial charge in [-0.15, -0.1) is 11.8 Å². The van der Waals surface area contributed by atoms with Crippen LogP contribution in [0.4, 0.5) is 0 Å². The van der Waals surface area contributed by atoms with E-state index < -0.39 is 17.5 Å². The minimum atomic E-state index is -1.82. The van der Waals surface area contributed by atoms with E-state index in [1.54, 1.807) is 11.8 Å². The number of aromatic nitrogens is 1. The number of nitrogens with zero attached hydrogens (tertiary/aromatic N) is 1. The first-order valence-corrected chi connectivity index (χ1v) is 12.2. The molecule has 1 unspecified atom stereocenters. The Bertz CT molecular complexity index is 1120. The third-order valence-corrected chi connectivity index (χ3v) is 7.50. The fourth-order valence-electron chi connectivity index (χ4n) is 5.17. The predicted molar refractivity (Wildman–Crippen MR) is 127 cm³/mol. The first-order valence-electron chi connectivity index (χ1n) is 10.9. The van der Waals surface area contributed by atoms with E-state index in [2.05, 4.69) is 70.9 Å². The zero-order valence-corrected chi connectivity index (χ0v) is 19.2. The van der Waals surface area contributed by atoms with Crippen molar-refractivity contribution in [3.63, 3.8) is 0 Å². The first-order chi connectivity index (χ1) is 15.8. The van der Waals surface area contributed by atoms with Crippen LogP contribution < -0.4 is 0 Å². The molecule has 4 N–H and O–H groups in total. The normalized spacial score (nSPS) is 24.3. The summed E-state index contributed by atoms with van der Waals surface area (Å²) in [6.07, 6.45) is 8.31. The maximum Gasteiger partial charge on any atom is 0.414 e. The van der Waals surface area contributed by atoms with Crippen LogP contribution >= 0.6 is 11.8 Å². The molecule has 33 heavy (non-hydrogen) atoms. The van der Waals surface area contributed by atoms with Gasteiger partial charge < -0.3 is 20.3 Å². The number of carboxylic acid groups (broad SMARTS) is 2. The van der Waals surface area contributed by atoms with Crippen LogP contribution in [0.25, 0.3) is 10.9 Å². The van der Waals surface area contributed by atoms with E-state index in [0.717, 1.165) is 24.9 Å².